The predicted molar refractivity (Wildman–Crippen MR) is 185 cm³/mol. The lowest BCUT2D eigenvalue weighted by atomic mass is 10.1. The van der Waals surface area contributed by atoms with E-state index in [0.717, 1.165) is 78.0 Å². The first-order valence-corrected chi connectivity index (χ1v) is 16.9. The minimum absolute atomic E-state index is 0. The van der Waals surface area contributed by atoms with E-state index in [4.69, 9.17) is 38.4 Å². The summed E-state index contributed by atoms with van der Waals surface area (Å²) in [4.78, 5) is 30.0. The van der Waals surface area contributed by atoms with E-state index < -0.39 is 5.54 Å². The maximum atomic E-state index is 12.1. The zero-order valence-electron chi connectivity index (χ0n) is 26.8. The average Bonchev–Trinajstić information content (AvgIpc) is 3.97. The van der Waals surface area contributed by atoms with Crippen LogP contribution in [0.2, 0.25) is 0 Å². The zero-order valence-corrected chi connectivity index (χ0v) is 29.1. The van der Waals surface area contributed by atoms with Gasteiger partial charge in [-0.05, 0) is 50.7 Å². The van der Waals surface area contributed by atoms with Crippen molar-refractivity contribution in [2.75, 3.05) is 64.2 Å². The molecule has 0 spiro atoms. The van der Waals surface area contributed by atoms with Gasteiger partial charge in [-0.15, -0.1) is 35.6 Å². The van der Waals surface area contributed by atoms with E-state index >= 15 is 0 Å². The molecule has 2 N–H and O–H groups in total. The lowest BCUT2D eigenvalue weighted by Gasteiger charge is -2.38. The van der Waals surface area contributed by atoms with Crippen molar-refractivity contribution < 1.29 is 19.1 Å². The van der Waals surface area contributed by atoms with Crippen LogP contribution in [0.15, 0.2) is 60.7 Å². The largest absolute Gasteiger partial charge is 0.465 e. The normalized spacial score (nSPS) is 17.8. The van der Waals surface area contributed by atoms with Crippen molar-refractivity contribution in [1.82, 2.24) is 14.7 Å². The summed E-state index contributed by atoms with van der Waals surface area (Å²) in [7, 11) is 0. The van der Waals surface area contributed by atoms with Gasteiger partial charge in [0.2, 0.25) is 0 Å². The zero-order chi connectivity index (χ0) is 31.8. The summed E-state index contributed by atoms with van der Waals surface area (Å²) in [5.74, 6) is 1.06. The topological polar surface area (TPSA) is 88.3 Å². The van der Waals surface area contributed by atoms with Gasteiger partial charge in [-0.3, -0.25) is 24.3 Å². The Balaban J connectivity index is 0.000000255. The van der Waals surface area contributed by atoms with Crippen molar-refractivity contribution in [3.05, 3.63) is 71.8 Å². The third kappa shape index (κ3) is 13.0. The number of carbonyl (C=O) groups excluding carboxylic acids is 2. The number of carbonyl (C=O) groups is 2. The first-order valence-electron chi connectivity index (χ1n) is 15.8. The van der Waals surface area contributed by atoms with Gasteiger partial charge in [-0.2, -0.15) is 0 Å². The highest BCUT2D eigenvalue weighted by molar-refractivity contribution is 6.18. The first kappa shape index (κ1) is 39.3. The highest BCUT2D eigenvalue weighted by Crippen LogP contribution is 2.43. The van der Waals surface area contributed by atoms with Gasteiger partial charge in [0.15, 0.2) is 0 Å². The summed E-state index contributed by atoms with van der Waals surface area (Å²) in [5, 5.41) is 0. The minimum atomic E-state index is -0.601. The van der Waals surface area contributed by atoms with Crippen molar-refractivity contribution in [3.63, 3.8) is 0 Å². The fourth-order valence-corrected chi connectivity index (χ4v) is 5.65. The molecule has 252 valence electrons. The number of hydrogen-bond donors (Lipinski definition) is 1. The summed E-state index contributed by atoms with van der Waals surface area (Å²) < 4.78 is 9.96. The lowest BCUT2D eigenvalue weighted by molar-refractivity contribution is -0.152. The maximum Gasteiger partial charge on any atom is 0.326 e. The molecule has 1 saturated heterocycles. The van der Waals surface area contributed by atoms with Crippen LogP contribution < -0.4 is 5.73 Å². The Bertz CT molecular complexity index is 1110. The second-order valence-electron chi connectivity index (χ2n) is 11.5. The van der Waals surface area contributed by atoms with Gasteiger partial charge in [-0.25, -0.2) is 0 Å². The molecule has 1 aliphatic heterocycles. The van der Waals surface area contributed by atoms with E-state index in [1.165, 1.54) is 11.1 Å². The monoisotopic (exact) mass is 684 g/mol. The number of rotatable bonds is 13. The maximum absolute atomic E-state index is 12.1. The molecule has 0 unspecified atom stereocenters. The van der Waals surface area contributed by atoms with Gasteiger partial charge in [0.1, 0.15) is 11.1 Å². The second-order valence-corrected chi connectivity index (χ2v) is 12.3. The molecule has 5 rings (SSSR count). The molecular formula is C34H51Cl3N4O4. The van der Waals surface area contributed by atoms with E-state index in [9.17, 15) is 9.59 Å². The van der Waals surface area contributed by atoms with Gasteiger partial charge in [0.05, 0.1) is 13.2 Å². The van der Waals surface area contributed by atoms with Crippen molar-refractivity contribution in [3.8, 4) is 0 Å². The van der Waals surface area contributed by atoms with E-state index in [1.54, 1.807) is 6.92 Å². The van der Waals surface area contributed by atoms with E-state index in [0.29, 0.717) is 25.0 Å². The molecule has 2 aromatic rings. The van der Waals surface area contributed by atoms with Crippen LogP contribution in [0.25, 0.3) is 0 Å². The van der Waals surface area contributed by atoms with Gasteiger partial charge in [0, 0.05) is 64.1 Å². The number of nitrogens with two attached hydrogens (primary N) is 1. The van der Waals surface area contributed by atoms with Crippen LogP contribution in [0, 0.1) is 0 Å². The van der Waals surface area contributed by atoms with Crippen LogP contribution in [-0.4, -0.2) is 102 Å². The number of hydrogen-bond acceptors (Lipinski definition) is 8. The number of ether oxygens (including phenoxy) is 2. The highest BCUT2D eigenvalue weighted by Gasteiger charge is 2.56. The molecule has 45 heavy (non-hydrogen) atoms. The number of piperazine rings is 1. The van der Waals surface area contributed by atoms with E-state index in [2.05, 4.69) is 69.3 Å². The van der Waals surface area contributed by atoms with Crippen LogP contribution >= 0.6 is 35.6 Å². The smallest absolute Gasteiger partial charge is 0.326 e. The van der Waals surface area contributed by atoms with Gasteiger partial charge in [0.25, 0.3) is 0 Å². The van der Waals surface area contributed by atoms with Crippen LogP contribution in [0.3, 0.4) is 0 Å². The fraction of sp³-hybridized carbons (Fsp3) is 0.588. The highest BCUT2D eigenvalue weighted by atomic mass is 35.5. The third-order valence-corrected chi connectivity index (χ3v) is 8.46. The summed E-state index contributed by atoms with van der Waals surface area (Å²) >= 11 is 11.4. The molecule has 0 radical (unpaired) electrons. The third-order valence-electron chi connectivity index (χ3n) is 8.13. The number of nitrogens with zero attached hydrogens (tertiary/aromatic N) is 3. The van der Waals surface area contributed by atoms with Gasteiger partial charge in [-0.1, -0.05) is 60.7 Å². The summed E-state index contributed by atoms with van der Waals surface area (Å²) in [6.45, 7) is 12.3. The molecule has 8 nitrogen and oxygen atoms in total. The molecule has 2 saturated carbocycles. The molecule has 1 heterocycles. The summed E-state index contributed by atoms with van der Waals surface area (Å²) in [6, 6.07) is 20.9. The van der Waals surface area contributed by atoms with E-state index in [1.807, 2.05) is 13.0 Å². The summed E-state index contributed by atoms with van der Waals surface area (Å²) in [5.41, 5.74) is 7.28. The molecule has 2 aromatic carbocycles. The Labute approximate surface area is 285 Å². The van der Waals surface area contributed by atoms with Crippen molar-refractivity contribution in [2.45, 2.75) is 63.7 Å². The van der Waals surface area contributed by atoms with E-state index in [-0.39, 0.29) is 29.9 Å². The fourth-order valence-electron chi connectivity index (χ4n) is 5.17. The van der Waals surface area contributed by atoms with Crippen molar-refractivity contribution in [2.24, 2.45) is 5.73 Å². The number of alkyl halides is 2. The molecule has 3 fully saturated rings. The molecule has 2 aliphatic carbocycles. The standard InChI is InChI=1S/C17H24N2O2.C11H15Cl2N.C6H11NO2.ClH/c1-2-21-16(20)17(8-9-17)19-12-10-18(11-13-19)14-15-6-4-3-5-7-15;12-6-8-14(9-7-13)10-11-4-2-1-3-5-11;1-2-9-5(8)6(7)3-4-6;/h3-7H,2,8-14H2,1H3;1-5H,6-10H2;2-4,7H2,1H3;1H. The van der Waals surface area contributed by atoms with Crippen LogP contribution in [0.1, 0.15) is 50.7 Å². The molecule has 0 atom stereocenters. The molecule has 0 amide bonds. The first-order chi connectivity index (χ1) is 21.3. The SMILES string of the molecule is CCOC(=O)C1(N)CC1.CCOC(=O)C1(N2CCN(Cc3ccccc3)CC2)CC1.Cl.ClCCN(CCCl)Cc1ccccc1. The number of halogens is 3. The summed E-state index contributed by atoms with van der Waals surface area (Å²) in [6.07, 6.45) is 3.49. The Kier molecular flexibility index (Phi) is 17.8. The Morgan fingerprint density at radius 1 is 0.778 bits per heavy atom. The number of esters is 2. The Hall–Kier alpha value is -1.91. The second kappa shape index (κ2) is 20.4. The van der Waals surface area contributed by atoms with Crippen LogP contribution in [0.4, 0.5) is 0 Å². The van der Waals surface area contributed by atoms with Crippen LogP contribution in [0.5, 0.6) is 0 Å². The molecule has 3 aliphatic rings. The predicted octanol–water partition coefficient (Wildman–Crippen LogP) is 5.33. The molecule has 0 aromatic heterocycles. The average molecular weight is 686 g/mol. The van der Waals surface area contributed by atoms with Crippen molar-refractivity contribution >= 4 is 47.5 Å². The lowest BCUT2D eigenvalue weighted by Crippen LogP contribution is -2.54. The Morgan fingerprint density at radius 3 is 1.71 bits per heavy atom. The van der Waals surface area contributed by atoms with Crippen LogP contribution in [-0.2, 0) is 32.2 Å². The Morgan fingerprint density at radius 2 is 1.27 bits per heavy atom. The molecule has 11 heteroatoms. The van der Waals surface area contributed by atoms with Gasteiger partial charge < -0.3 is 15.2 Å². The molecular weight excluding hydrogens is 635 g/mol. The number of benzene rings is 2. The van der Waals surface area contributed by atoms with Gasteiger partial charge >= 0.3 is 11.9 Å². The quantitative estimate of drug-likeness (QED) is 0.224. The van der Waals surface area contributed by atoms with Crippen molar-refractivity contribution in [1.29, 1.82) is 0 Å². The minimum Gasteiger partial charge on any atom is -0.465 e. The molecule has 0 bridgehead atoms.